The number of sulfone groups is 1. The second-order valence-corrected chi connectivity index (χ2v) is 10.7. The van der Waals surface area contributed by atoms with Crippen molar-refractivity contribution in [1.29, 1.82) is 0 Å². The van der Waals surface area contributed by atoms with Gasteiger partial charge >= 0.3 is 0 Å². The fourth-order valence-corrected chi connectivity index (χ4v) is 5.20. The van der Waals surface area contributed by atoms with Crippen LogP contribution in [0.15, 0.2) is 38.6 Å². The fourth-order valence-electron chi connectivity index (χ4n) is 2.53. The molecule has 9 heteroatoms. The van der Waals surface area contributed by atoms with Crippen molar-refractivity contribution in [3.05, 3.63) is 28.7 Å². The van der Waals surface area contributed by atoms with Crippen LogP contribution in [0, 0.1) is 0 Å². The predicted octanol–water partition coefficient (Wildman–Crippen LogP) is 3.29. The number of aliphatic imine (C=N–C) groups is 1. The molecule has 2 N–H and O–H groups in total. The van der Waals surface area contributed by atoms with Gasteiger partial charge in [-0.1, -0.05) is 15.9 Å². The van der Waals surface area contributed by atoms with Gasteiger partial charge in [-0.15, -0.1) is 24.0 Å². The van der Waals surface area contributed by atoms with E-state index in [0.717, 1.165) is 11.0 Å². The summed E-state index contributed by atoms with van der Waals surface area (Å²) in [7, 11) is -1.60. The van der Waals surface area contributed by atoms with E-state index in [2.05, 4.69) is 38.5 Å². The summed E-state index contributed by atoms with van der Waals surface area (Å²) < 4.78 is 25.7. The molecule has 2 rings (SSSR count). The van der Waals surface area contributed by atoms with Gasteiger partial charge in [-0.25, -0.2) is 8.42 Å². The Morgan fingerprint density at radius 1 is 1.32 bits per heavy atom. The minimum Gasteiger partial charge on any atom is -0.355 e. The zero-order chi connectivity index (χ0) is 17.6. The number of guanidine groups is 1. The number of thioether (sulfide) groups is 1. The van der Waals surface area contributed by atoms with Gasteiger partial charge in [0.15, 0.2) is 15.8 Å². The van der Waals surface area contributed by atoms with Gasteiger partial charge in [0.25, 0.3) is 0 Å². The van der Waals surface area contributed by atoms with E-state index in [1.165, 1.54) is 18.6 Å². The van der Waals surface area contributed by atoms with Crippen LogP contribution in [0.3, 0.4) is 0 Å². The molecule has 142 valence electrons. The molecule has 0 bridgehead atoms. The monoisotopic (exact) mass is 561 g/mol. The minimum absolute atomic E-state index is 0. The van der Waals surface area contributed by atoms with Crippen LogP contribution < -0.4 is 10.6 Å². The van der Waals surface area contributed by atoms with Crippen molar-refractivity contribution in [3.63, 3.8) is 0 Å². The third-order valence-electron chi connectivity index (χ3n) is 3.99. The molecule has 1 aliphatic heterocycles. The van der Waals surface area contributed by atoms with Crippen molar-refractivity contribution in [2.24, 2.45) is 4.99 Å². The van der Waals surface area contributed by atoms with Crippen molar-refractivity contribution in [2.75, 3.05) is 31.6 Å². The minimum atomic E-state index is -3.29. The molecular formula is C16H25BrIN3O2S2. The van der Waals surface area contributed by atoms with Crippen LogP contribution in [-0.4, -0.2) is 50.8 Å². The summed E-state index contributed by atoms with van der Waals surface area (Å²) in [5.41, 5.74) is 0. The summed E-state index contributed by atoms with van der Waals surface area (Å²) in [6.07, 6.45) is 2.44. The smallest absolute Gasteiger partial charge is 0.191 e. The molecule has 1 aromatic rings. The van der Waals surface area contributed by atoms with Crippen molar-refractivity contribution in [1.82, 2.24) is 10.6 Å². The van der Waals surface area contributed by atoms with Crippen molar-refractivity contribution in [2.45, 2.75) is 29.4 Å². The molecular weight excluding hydrogens is 537 g/mol. The van der Waals surface area contributed by atoms with E-state index < -0.39 is 9.84 Å². The lowest BCUT2D eigenvalue weighted by Gasteiger charge is -2.24. The standard InChI is InChI=1S/C16H24BrN3O2S2.HI/c1-16(8-3-10-23-16)12-20-15(18-2)19-9-11-24(21,22)14-6-4-13(17)5-7-14;/h4-7H,3,8-12H2,1-2H3,(H2,18,19,20);1H. The lowest BCUT2D eigenvalue weighted by Crippen LogP contribution is -2.44. The average molecular weight is 562 g/mol. The molecule has 0 saturated carbocycles. The first-order chi connectivity index (χ1) is 11.3. The van der Waals surface area contributed by atoms with E-state index in [-0.39, 0.29) is 34.5 Å². The summed E-state index contributed by atoms with van der Waals surface area (Å²) in [4.78, 5) is 4.51. The first-order valence-corrected chi connectivity index (χ1v) is 11.3. The van der Waals surface area contributed by atoms with Crippen LogP contribution in [0.2, 0.25) is 0 Å². The van der Waals surface area contributed by atoms with Gasteiger partial charge in [0, 0.05) is 29.4 Å². The summed E-state index contributed by atoms with van der Waals surface area (Å²) in [6.45, 7) is 3.40. The number of halogens is 2. The van der Waals surface area contributed by atoms with Crippen LogP contribution in [0.1, 0.15) is 19.8 Å². The largest absolute Gasteiger partial charge is 0.355 e. The van der Waals surface area contributed by atoms with E-state index in [1.807, 2.05) is 11.8 Å². The molecule has 0 aromatic heterocycles. The van der Waals surface area contributed by atoms with Gasteiger partial charge in [0.1, 0.15) is 0 Å². The van der Waals surface area contributed by atoms with Crippen LogP contribution in [0.5, 0.6) is 0 Å². The maximum absolute atomic E-state index is 12.3. The van der Waals surface area contributed by atoms with Gasteiger partial charge in [-0.3, -0.25) is 4.99 Å². The third-order valence-corrected chi connectivity index (χ3v) is 7.79. The molecule has 1 aromatic carbocycles. The van der Waals surface area contributed by atoms with E-state index in [1.54, 1.807) is 31.3 Å². The summed E-state index contributed by atoms with van der Waals surface area (Å²) in [6, 6.07) is 6.71. The Hall–Kier alpha value is -0.000000000000000111. The van der Waals surface area contributed by atoms with E-state index >= 15 is 0 Å². The number of hydrogen-bond acceptors (Lipinski definition) is 4. The second-order valence-electron chi connectivity index (χ2n) is 6.03. The summed E-state index contributed by atoms with van der Waals surface area (Å²) in [5.74, 6) is 1.88. The first-order valence-electron chi connectivity index (χ1n) is 7.91. The zero-order valence-electron chi connectivity index (χ0n) is 14.4. The molecule has 1 aliphatic rings. The lowest BCUT2D eigenvalue weighted by atomic mass is 10.1. The Labute approximate surface area is 180 Å². The molecule has 1 unspecified atom stereocenters. The number of hydrogen-bond donors (Lipinski definition) is 2. The van der Waals surface area contributed by atoms with Gasteiger partial charge in [0.05, 0.1) is 10.6 Å². The fraction of sp³-hybridized carbons (Fsp3) is 0.562. The van der Waals surface area contributed by atoms with E-state index in [0.29, 0.717) is 17.4 Å². The van der Waals surface area contributed by atoms with Crippen LogP contribution in [0.4, 0.5) is 0 Å². The summed E-state index contributed by atoms with van der Waals surface area (Å²) >= 11 is 5.29. The Balaban J connectivity index is 0.00000312. The van der Waals surface area contributed by atoms with Crippen LogP contribution in [-0.2, 0) is 9.84 Å². The van der Waals surface area contributed by atoms with Gasteiger partial charge in [-0.05, 0) is 49.8 Å². The van der Waals surface area contributed by atoms with Crippen molar-refractivity contribution < 1.29 is 8.42 Å². The Morgan fingerprint density at radius 2 is 2.00 bits per heavy atom. The molecule has 1 heterocycles. The zero-order valence-corrected chi connectivity index (χ0v) is 20.0. The quantitative estimate of drug-likeness (QED) is 0.317. The molecule has 25 heavy (non-hydrogen) atoms. The number of rotatable bonds is 6. The summed E-state index contributed by atoms with van der Waals surface area (Å²) in [5, 5.41) is 6.39. The molecule has 1 fully saturated rings. The molecule has 0 amide bonds. The predicted molar refractivity (Wildman–Crippen MR) is 121 cm³/mol. The van der Waals surface area contributed by atoms with E-state index in [9.17, 15) is 8.42 Å². The van der Waals surface area contributed by atoms with Crippen molar-refractivity contribution in [3.8, 4) is 0 Å². The SMILES string of the molecule is CN=C(NCCS(=O)(=O)c1ccc(Br)cc1)NCC1(C)CCCS1.I. The van der Waals surface area contributed by atoms with Crippen LogP contribution in [0.25, 0.3) is 0 Å². The average Bonchev–Trinajstić information content (AvgIpc) is 2.98. The maximum atomic E-state index is 12.3. The third kappa shape index (κ3) is 7.26. The van der Waals surface area contributed by atoms with Crippen molar-refractivity contribution >= 4 is 67.5 Å². The second kappa shape index (κ2) is 10.4. The Bertz CT molecular complexity index is 675. The molecule has 1 atom stereocenters. The normalized spacial score (nSPS) is 20.8. The highest BCUT2D eigenvalue weighted by Gasteiger charge is 2.29. The maximum Gasteiger partial charge on any atom is 0.191 e. The molecule has 0 aliphatic carbocycles. The molecule has 0 spiro atoms. The highest BCUT2D eigenvalue weighted by Crippen LogP contribution is 2.36. The first kappa shape index (κ1) is 23.0. The lowest BCUT2D eigenvalue weighted by molar-refractivity contribution is 0.583. The number of nitrogens with one attached hydrogen (secondary N) is 2. The topological polar surface area (TPSA) is 70.6 Å². The Kier molecular flexibility index (Phi) is 9.55. The molecule has 1 saturated heterocycles. The Morgan fingerprint density at radius 3 is 2.56 bits per heavy atom. The highest BCUT2D eigenvalue weighted by molar-refractivity contribution is 14.0. The van der Waals surface area contributed by atoms with Crippen LogP contribution >= 0.6 is 51.7 Å². The molecule has 5 nitrogen and oxygen atoms in total. The molecule has 0 radical (unpaired) electrons. The van der Waals surface area contributed by atoms with Gasteiger partial charge in [-0.2, -0.15) is 11.8 Å². The van der Waals surface area contributed by atoms with E-state index in [4.69, 9.17) is 0 Å². The van der Waals surface area contributed by atoms with Gasteiger partial charge in [0.2, 0.25) is 0 Å². The highest BCUT2D eigenvalue weighted by atomic mass is 127. The number of benzene rings is 1. The number of nitrogens with zero attached hydrogens (tertiary/aromatic N) is 1. The van der Waals surface area contributed by atoms with Gasteiger partial charge < -0.3 is 10.6 Å².